The first kappa shape index (κ1) is 20.5. The highest BCUT2D eigenvalue weighted by Gasteiger charge is 2.18. The van der Waals surface area contributed by atoms with Crippen LogP contribution < -0.4 is 10.1 Å². The lowest BCUT2D eigenvalue weighted by atomic mass is 10.1. The van der Waals surface area contributed by atoms with Crippen LogP contribution in [-0.4, -0.2) is 30.6 Å². The summed E-state index contributed by atoms with van der Waals surface area (Å²) >= 11 is 0. The fraction of sp³-hybridized carbons (Fsp3) is 0.364. The topological polar surface area (TPSA) is 64.6 Å². The fourth-order valence-electron chi connectivity index (χ4n) is 2.38. The molecule has 2 atom stereocenters. The molecule has 0 spiro atoms. The number of hydrogen-bond donors (Lipinski definition) is 1. The molecule has 5 heteroatoms. The van der Waals surface area contributed by atoms with E-state index >= 15 is 0 Å². The lowest BCUT2D eigenvalue weighted by molar-refractivity contribution is -0.155. The van der Waals surface area contributed by atoms with Crippen LogP contribution in [0.15, 0.2) is 54.6 Å². The fourth-order valence-corrected chi connectivity index (χ4v) is 2.38. The van der Waals surface area contributed by atoms with Crippen LogP contribution in [0.25, 0.3) is 0 Å². The van der Waals surface area contributed by atoms with Crippen molar-refractivity contribution in [3.8, 4) is 5.75 Å². The van der Waals surface area contributed by atoms with Crippen LogP contribution in [0.3, 0.4) is 0 Å². The van der Waals surface area contributed by atoms with E-state index in [-0.39, 0.29) is 12.0 Å². The van der Waals surface area contributed by atoms with E-state index in [0.717, 1.165) is 12.8 Å². The lowest BCUT2D eigenvalue weighted by Gasteiger charge is -2.17. The largest absolute Gasteiger partial charge is 0.479 e. The molecule has 1 amide bonds. The Bertz CT molecular complexity index is 728. The molecule has 0 unspecified atom stereocenters. The summed E-state index contributed by atoms with van der Waals surface area (Å²) in [6.07, 6.45) is 0.700. The molecular weight excluding hydrogens is 342 g/mol. The van der Waals surface area contributed by atoms with E-state index in [0.29, 0.717) is 17.9 Å². The van der Waals surface area contributed by atoms with Gasteiger partial charge in [-0.15, -0.1) is 0 Å². The lowest BCUT2D eigenvalue weighted by Crippen LogP contribution is -2.29. The van der Waals surface area contributed by atoms with E-state index < -0.39 is 12.1 Å². The summed E-state index contributed by atoms with van der Waals surface area (Å²) in [5.41, 5.74) is 1.73. The molecule has 0 aromatic heterocycles. The van der Waals surface area contributed by atoms with Crippen LogP contribution in [-0.2, 0) is 16.0 Å². The summed E-state index contributed by atoms with van der Waals surface area (Å²) in [6, 6.07) is 16.7. The molecule has 5 nitrogen and oxygen atoms in total. The standard InChI is InChI=1S/C22H27NO4/c1-4-16(2)26-22(25)17(3)27-20-12-10-19(11-13-20)21(24)23-15-14-18-8-6-5-7-9-18/h5-13,16-17H,4,14-15H2,1-3H3,(H,23,24)/t16-,17-/m0/s1. The van der Waals surface area contributed by atoms with Crippen LogP contribution in [0.5, 0.6) is 5.75 Å². The molecule has 1 N–H and O–H groups in total. The van der Waals surface area contributed by atoms with Gasteiger partial charge in [-0.1, -0.05) is 37.3 Å². The van der Waals surface area contributed by atoms with Gasteiger partial charge in [-0.2, -0.15) is 0 Å². The highest BCUT2D eigenvalue weighted by Crippen LogP contribution is 2.15. The van der Waals surface area contributed by atoms with E-state index in [1.54, 1.807) is 31.2 Å². The van der Waals surface area contributed by atoms with Crippen molar-refractivity contribution in [1.29, 1.82) is 0 Å². The van der Waals surface area contributed by atoms with E-state index in [1.165, 1.54) is 5.56 Å². The number of carbonyl (C=O) groups is 2. The van der Waals surface area contributed by atoms with Gasteiger partial charge in [0.1, 0.15) is 5.75 Å². The van der Waals surface area contributed by atoms with Crippen molar-refractivity contribution >= 4 is 11.9 Å². The molecule has 2 rings (SSSR count). The zero-order valence-corrected chi connectivity index (χ0v) is 16.1. The van der Waals surface area contributed by atoms with Crippen LogP contribution >= 0.6 is 0 Å². The summed E-state index contributed by atoms with van der Waals surface area (Å²) in [5, 5.41) is 2.90. The summed E-state index contributed by atoms with van der Waals surface area (Å²) in [4.78, 5) is 24.1. The first-order valence-corrected chi connectivity index (χ1v) is 9.29. The predicted molar refractivity (Wildman–Crippen MR) is 105 cm³/mol. The van der Waals surface area contributed by atoms with Gasteiger partial charge in [-0.05, 0) is 56.5 Å². The second-order valence-electron chi connectivity index (χ2n) is 6.43. The van der Waals surface area contributed by atoms with E-state index in [1.807, 2.05) is 44.2 Å². The summed E-state index contributed by atoms with van der Waals surface area (Å²) in [5.74, 6) is -0.0155. The minimum Gasteiger partial charge on any atom is -0.479 e. The highest BCUT2D eigenvalue weighted by atomic mass is 16.6. The van der Waals surface area contributed by atoms with Crippen molar-refractivity contribution in [2.24, 2.45) is 0 Å². The second-order valence-corrected chi connectivity index (χ2v) is 6.43. The third-order valence-electron chi connectivity index (χ3n) is 4.20. The van der Waals surface area contributed by atoms with Gasteiger partial charge in [0.15, 0.2) is 6.10 Å². The van der Waals surface area contributed by atoms with Crippen LogP contribution in [0.4, 0.5) is 0 Å². The zero-order chi connectivity index (χ0) is 19.6. The van der Waals surface area contributed by atoms with Gasteiger partial charge >= 0.3 is 5.97 Å². The number of nitrogens with one attached hydrogen (secondary N) is 1. The Kier molecular flexibility index (Phi) is 7.86. The molecule has 144 valence electrons. The molecule has 0 aliphatic carbocycles. The molecule has 27 heavy (non-hydrogen) atoms. The van der Waals surface area contributed by atoms with Crippen molar-refractivity contribution < 1.29 is 19.1 Å². The highest BCUT2D eigenvalue weighted by molar-refractivity contribution is 5.94. The monoisotopic (exact) mass is 369 g/mol. The molecule has 0 heterocycles. The second kappa shape index (κ2) is 10.4. The summed E-state index contributed by atoms with van der Waals surface area (Å²) < 4.78 is 10.8. The van der Waals surface area contributed by atoms with Crippen molar-refractivity contribution in [3.63, 3.8) is 0 Å². The third-order valence-corrected chi connectivity index (χ3v) is 4.20. The number of esters is 1. The average molecular weight is 369 g/mol. The maximum atomic E-state index is 12.2. The van der Waals surface area contributed by atoms with Crippen molar-refractivity contribution in [2.45, 2.75) is 45.8 Å². The van der Waals surface area contributed by atoms with Crippen LogP contribution in [0, 0.1) is 0 Å². The SMILES string of the molecule is CC[C@H](C)OC(=O)[C@H](C)Oc1ccc(C(=O)NCCc2ccccc2)cc1. The van der Waals surface area contributed by atoms with Crippen molar-refractivity contribution in [2.75, 3.05) is 6.54 Å². The minimum atomic E-state index is -0.704. The number of ether oxygens (including phenoxy) is 2. The van der Waals surface area contributed by atoms with E-state index in [2.05, 4.69) is 5.32 Å². The van der Waals surface area contributed by atoms with Crippen molar-refractivity contribution in [1.82, 2.24) is 5.32 Å². The number of benzene rings is 2. The summed E-state index contributed by atoms with van der Waals surface area (Å²) in [6.45, 7) is 6.01. The normalized spacial score (nSPS) is 12.7. The molecule has 0 radical (unpaired) electrons. The maximum absolute atomic E-state index is 12.2. The number of rotatable bonds is 9. The van der Waals surface area contributed by atoms with Gasteiger partial charge in [0.2, 0.25) is 0 Å². The van der Waals surface area contributed by atoms with Gasteiger partial charge < -0.3 is 14.8 Å². The van der Waals surface area contributed by atoms with Crippen molar-refractivity contribution in [3.05, 3.63) is 65.7 Å². The van der Waals surface area contributed by atoms with Gasteiger partial charge in [-0.25, -0.2) is 4.79 Å². The zero-order valence-electron chi connectivity index (χ0n) is 16.1. The molecule has 2 aromatic rings. The van der Waals surface area contributed by atoms with Gasteiger partial charge in [0.05, 0.1) is 6.10 Å². The average Bonchev–Trinajstić information content (AvgIpc) is 2.69. The molecule has 0 fully saturated rings. The molecule has 0 aliphatic rings. The quantitative estimate of drug-likeness (QED) is 0.684. The third kappa shape index (κ3) is 6.77. The Morgan fingerprint density at radius 2 is 1.67 bits per heavy atom. The minimum absolute atomic E-state index is 0.134. The molecule has 0 saturated carbocycles. The predicted octanol–water partition coefficient (Wildman–Crippen LogP) is 3.77. The van der Waals surface area contributed by atoms with E-state index in [9.17, 15) is 9.59 Å². The van der Waals surface area contributed by atoms with E-state index in [4.69, 9.17) is 9.47 Å². The molecule has 0 aliphatic heterocycles. The molecule has 0 saturated heterocycles. The van der Waals surface area contributed by atoms with Crippen LogP contribution in [0.2, 0.25) is 0 Å². The van der Waals surface area contributed by atoms with Crippen LogP contribution in [0.1, 0.15) is 43.1 Å². The Balaban J connectivity index is 1.81. The molecular formula is C22H27NO4. The Morgan fingerprint density at radius 1 is 1.00 bits per heavy atom. The molecule has 2 aromatic carbocycles. The molecule has 0 bridgehead atoms. The number of hydrogen-bond acceptors (Lipinski definition) is 4. The first-order chi connectivity index (χ1) is 13.0. The van der Waals surface area contributed by atoms with Gasteiger partial charge in [0, 0.05) is 12.1 Å². The maximum Gasteiger partial charge on any atom is 0.347 e. The smallest absolute Gasteiger partial charge is 0.347 e. The Morgan fingerprint density at radius 3 is 2.30 bits per heavy atom. The number of amides is 1. The summed E-state index contributed by atoms with van der Waals surface area (Å²) in [7, 11) is 0. The van der Waals surface area contributed by atoms with Gasteiger partial charge in [0.25, 0.3) is 5.91 Å². The Labute approximate surface area is 160 Å². The number of carbonyl (C=O) groups excluding carboxylic acids is 2. The Hall–Kier alpha value is -2.82. The van der Waals surface area contributed by atoms with Gasteiger partial charge in [-0.3, -0.25) is 4.79 Å². The first-order valence-electron chi connectivity index (χ1n) is 9.29.